The van der Waals surface area contributed by atoms with Crippen LogP contribution in [0, 0.1) is 17.3 Å². The number of hydrogen-bond donors (Lipinski definition) is 4. The monoisotopic (exact) mass is 917 g/mol. The molecule has 4 aromatic rings. The summed E-state index contributed by atoms with van der Waals surface area (Å²) in [6, 6.07) is 12.6. The van der Waals surface area contributed by atoms with Crippen LogP contribution < -0.4 is 16.1 Å². The number of esters is 1. The third-order valence-electron chi connectivity index (χ3n) is 13.9. The molecule has 4 aliphatic rings. The molecule has 3 fully saturated rings. The number of carbonyl (C=O) groups excluding carboxylic acids is 5. The van der Waals surface area contributed by atoms with Crippen molar-refractivity contribution in [2.24, 2.45) is 17.3 Å². The lowest BCUT2D eigenvalue weighted by Crippen LogP contribution is -2.62. The molecule has 2 aromatic carbocycles. The van der Waals surface area contributed by atoms with Crippen molar-refractivity contribution >= 4 is 40.5 Å². The summed E-state index contributed by atoms with van der Waals surface area (Å²) in [6.07, 6.45) is 4.69. The largest absolute Gasteiger partial charge is 0.508 e. The van der Waals surface area contributed by atoms with Crippen molar-refractivity contribution < 1.29 is 33.8 Å². The molecule has 2 aromatic heterocycles. The number of hydrogen-bond acceptors (Lipinski definition) is 10. The van der Waals surface area contributed by atoms with Gasteiger partial charge >= 0.3 is 5.97 Å². The molecule has 8 rings (SSSR count). The molecule has 3 saturated heterocycles. The maximum absolute atomic E-state index is 14.8. The van der Waals surface area contributed by atoms with Crippen molar-refractivity contribution in [2.45, 2.75) is 124 Å². The number of piperidine rings is 1. The first-order valence-electron chi connectivity index (χ1n) is 24.2. The molecule has 15 nitrogen and oxygen atoms in total. The lowest BCUT2D eigenvalue weighted by molar-refractivity contribution is -0.155. The van der Waals surface area contributed by atoms with Crippen LogP contribution in [0.1, 0.15) is 96.9 Å². The van der Waals surface area contributed by atoms with E-state index in [1.807, 2.05) is 38.2 Å². The molecule has 67 heavy (non-hydrogen) atoms. The second-order valence-corrected chi connectivity index (χ2v) is 20.5. The van der Waals surface area contributed by atoms with Crippen LogP contribution in [0.5, 0.6) is 5.75 Å². The zero-order valence-electron chi connectivity index (χ0n) is 40.4. The molecule has 5 atom stereocenters. The molecule has 15 heteroatoms. The van der Waals surface area contributed by atoms with Crippen LogP contribution >= 0.6 is 0 Å². The van der Waals surface area contributed by atoms with E-state index < -0.39 is 47.2 Å². The SMILES string of the molecule is CCn1c(-c2cccnc2C(C)C)c2c3cc(ccc31)-c1cc(O)cc(c1)C[C@H](NC(=O)[C@H](C(C)C)N(C)C(=O)[C@@H]1CCCN(C(=O)[C@@H]3CN3)C1)C(=O)N1CCC[C@H](N1)C(=O)OCC(C)(C)C2. The summed E-state index contributed by atoms with van der Waals surface area (Å²) < 4.78 is 8.46. The summed E-state index contributed by atoms with van der Waals surface area (Å²) in [6.45, 7) is 17.0. The van der Waals surface area contributed by atoms with Gasteiger partial charge in [0.1, 0.15) is 23.9 Å². The number of phenols is 1. The highest BCUT2D eigenvalue weighted by atomic mass is 16.5. The number of nitrogens with zero attached hydrogens (tertiary/aromatic N) is 5. The van der Waals surface area contributed by atoms with Gasteiger partial charge in [-0.1, -0.05) is 53.7 Å². The van der Waals surface area contributed by atoms with Gasteiger partial charge in [0.25, 0.3) is 5.91 Å². The Bertz CT molecular complexity index is 2550. The molecule has 358 valence electrons. The van der Waals surface area contributed by atoms with Crippen molar-refractivity contribution in [3.8, 4) is 28.1 Å². The molecule has 4 N–H and O–H groups in total. The molecule has 4 aliphatic heterocycles. The van der Waals surface area contributed by atoms with Gasteiger partial charge < -0.3 is 34.8 Å². The zero-order chi connectivity index (χ0) is 47.9. The maximum atomic E-state index is 14.8. The summed E-state index contributed by atoms with van der Waals surface area (Å²) in [4.78, 5) is 78.5. The van der Waals surface area contributed by atoms with Crippen molar-refractivity contribution in [1.82, 2.24) is 40.4 Å². The van der Waals surface area contributed by atoms with E-state index >= 15 is 0 Å². The quantitative estimate of drug-likeness (QED) is 0.122. The Kier molecular flexibility index (Phi) is 13.8. The summed E-state index contributed by atoms with van der Waals surface area (Å²) >= 11 is 0. The number of phenolic OH excluding ortho intramolecular Hbond substituents is 1. The Hall–Kier alpha value is -5.80. The third kappa shape index (κ3) is 10.1. The topological polar surface area (TPSA) is 188 Å². The number of aryl methyl sites for hydroxylation is 1. The number of fused-ring (bicyclic) bond motifs is 6. The average Bonchev–Trinajstić information content (AvgIpc) is 4.12. The van der Waals surface area contributed by atoms with E-state index in [1.54, 1.807) is 24.1 Å². The van der Waals surface area contributed by atoms with Crippen LogP contribution in [0.3, 0.4) is 0 Å². The number of benzene rings is 2. The summed E-state index contributed by atoms with van der Waals surface area (Å²) in [5.41, 5.74) is 10.1. The Labute approximate surface area is 394 Å². The van der Waals surface area contributed by atoms with Crippen LogP contribution in [-0.4, -0.2) is 123 Å². The highest BCUT2D eigenvalue weighted by molar-refractivity contribution is 5.96. The van der Waals surface area contributed by atoms with Gasteiger partial charge in [-0.15, -0.1) is 0 Å². The van der Waals surface area contributed by atoms with E-state index in [9.17, 15) is 29.1 Å². The van der Waals surface area contributed by atoms with Crippen LogP contribution in [0.2, 0.25) is 0 Å². The van der Waals surface area contributed by atoms with Crippen molar-refractivity contribution in [1.29, 1.82) is 0 Å². The van der Waals surface area contributed by atoms with Crippen LogP contribution in [-0.2, 0) is 48.1 Å². The van der Waals surface area contributed by atoms with Gasteiger partial charge in [-0.05, 0) is 110 Å². The molecule has 0 radical (unpaired) electrons. The fourth-order valence-corrected chi connectivity index (χ4v) is 10.5. The molecular weight excluding hydrogens is 849 g/mol. The molecule has 0 saturated carbocycles. The highest BCUT2D eigenvalue weighted by Gasteiger charge is 2.41. The first-order valence-corrected chi connectivity index (χ1v) is 24.2. The third-order valence-corrected chi connectivity index (χ3v) is 13.9. The highest BCUT2D eigenvalue weighted by Crippen LogP contribution is 2.42. The van der Waals surface area contributed by atoms with Gasteiger partial charge in [0, 0.05) is 74.3 Å². The molecule has 0 aliphatic carbocycles. The minimum absolute atomic E-state index is 0.000266. The molecule has 0 unspecified atom stereocenters. The number of ether oxygens (including phenoxy) is 1. The molecule has 4 amide bonds. The van der Waals surface area contributed by atoms with Crippen molar-refractivity contribution in [3.05, 3.63) is 71.5 Å². The fourth-order valence-electron chi connectivity index (χ4n) is 10.5. The lowest BCUT2D eigenvalue weighted by Gasteiger charge is -2.38. The smallest absolute Gasteiger partial charge is 0.324 e. The lowest BCUT2D eigenvalue weighted by atomic mass is 9.83. The second kappa shape index (κ2) is 19.4. The number of aromatic nitrogens is 2. The first-order chi connectivity index (χ1) is 31.9. The van der Waals surface area contributed by atoms with Gasteiger partial charge in [0.15, 0.2) is 0 Å². The van der Waals surface area contributed by atoms with Crippen molar-refractivity contribution in [3.63, 3.8) is 0 Å². The number of hydrazine groups is 1. The van der Waals surface area contributed by atoms with Gasteiger partial charge in [-0.25, -0.2) is 5.43 Å². The van der Waals surface area contributed by atoms with Gasteiger partial charge in [0.2, 0.25) is 17.7 Å². The Morgan fingerprint density at radius 3 is 2.49 bits per heavy atom. The summed E-state index contributed by atoms with van der Waals surface area (Å²) in [7, 11) is 1.62. The van der Waals surface area contributed by atoms with Crippen molar-refractivity contribution in [2.75, 3.05) is 39.8 Å². The number of carbonyl (C=O) groups is 5. The predicted octanol–water partition coefficient (Wildman–Crippen LogP) is 5.56. The van der Waals surface area contributed by atoms with E-state index in [1.165, 1.54) is 9.91 Å². The number of amides is 4. The minimum Gasteiger partial charge on any atom is -0.508 e. The first kappa shape index (κ1) is 47.7. The van der Waals surface area contributed by atoms with E-state index in [0.717, 1.165) is 44.5 Å². The number of cyclic esters (lactones) is 1. The van der Waals surface area contributed by atoms with Gasteiger partial charge in [0.05, 0.1) is 30.0 Å². The Morgan fingerprint density at radius 2 is 1.78 bits per heavy atom. The van der Waals surface area contributed by atoms with E-state index in [4.69, 9.17) is 9.72 Å². The molecular formula is C52H68N8O7. The maximum Gasteiger partial charge on any atom is 0.324 e. The second-order valence-electron chi connectivity index (χ2n) is 20.5. The van der Waals surface area contributed by atoms with Crippen LogP contribution in [0.4, 0.5) is 0 Å². The average molecular weight is 917 g/mol. The normalized spacial score (nSPS) is 22.6. The molecule has 6 heterocycles. The number of likely N-dealkylation sites (tertiary alicyclic amines) is 1. The molecule has 0 spiro atoms. The van der Waals surface area contributed by atoms with Gasteiger partial charge in [-0.3, -0.25) is 34.0 Å². The molecule has 6 bridgehead atoms. The predicted molar refractivity (Wildman–Crippen MR) is 256 cm³/mol. The Morgan fingerprint density at radius 1 is 1.01 bits per heavy atom. The zero-order valence-corrected chi connectivity index (χ0v) is 40.4. The van der Waals surface area contributed by atoms with E-state index in [0.29, 0.717) is 63.8 Å². The summed E-state index contributed by atoms with van der Waals surface area (Å²) in [5.74, 6) is -2.28. The number of nitrogens with one attached hydrogen (secondary N) is 3. The minimum atomic E-state index is -1.15. The standard InChI is InChI=1S/C52H68N8O7/c1-9-59-43-17-16-33-25-38(43)39(46(59)37-14-10-18-53-44(37)30(2)3)26-52(6,7)29-67-51(66)40-15-12-20-60(56-40)50(65)41(23-32-21-35(33)24-36(61)22-32)55-47(62)45(31(4)5)57(8)48(63)34-13-11-19-58(28-34)49(64)42-27-54-42/h10,14,16-18,21-22,24-25,30-31,34,40-42,45,54,56,61H,9,11-13,15,19-20,23,26-29H2,1-8H3,(H,55,62)/t34-,40+,41+,42+,45+/m1/s1. The number of pyridine rings is 1. The van der Waals surface area contributed by atoms with E-state index in [-0.39, 0.29) is 55.0 Å². The number of aromatic hydroxyl groups is 1. The van der Waals surface area contributed by atoms with Crippen LogP contribution in [0.15, 0.2) is 54.7 Å². The fraction of sp³-hybridized carbons (Fsp3) is 0.538. The van der Waals surface area contributed by atoms with Gasteiger partial charge in [-0.2, -0.15) is 0 Å². The van der Waals surface area contributed by atoms with E-state index in [2.05, 4.69) is 73.4 Å². The number of likely N-dealkylation sites (N-methyl/N-ethyl adjacent to an activating group) is 1. The number of rotatable bonds is 9. The Balaban J connectivity index is 1.17. The van der Waals surface area contributed by atoms with Crippen LogP contribution in [0.25, 0.3) is 33.3 Å². The summed E-state index contributed by atoms with van der Waals surface area (Å²) in [5, 5.41) is 19.9.